The zero-order chi connectivity index (χ0) is 21.3. The quantitative estimate of drug-likeness (QED) is 0.614. The van der Waals surface area contributed by atoms with E-state index in [1.54, 1.807) is 20.8 Å². The molecule has 30 heavy (non-hydrogen) atoms. The summed E-state index contributed by atoms with van der Waals surface area (Å²) in [6, 6.07) is 8.98. The number of esters is 1. The minimum Gasteiger partial charge on any atom is -0.469 e. The van der Waals surface area contributed by atoms with Crippen LogP contribution in [0, 0.1) is 0 Å². The number of aromatic nitrogens is 4. The fourth-order valence-electron chi connectivity index (χ4n) is 2.42. The van der Waals surface area contributed by atoms with Crippen LogP contribution < -0.4 is 5.32 Å². The first-order valence-corrected chi connectivity index (χ1v) is 9.22. The van der Waals surface area contributed by atoms with Crippen molar-refractivity contribution in [2.24, 2.45) is 0 Å². The van der Waals surface area contributed by atoms with Gasteiger partial charge in [-0.05, 0) is 36.8 Å². The Morgan fingerprint density at radius 1 is 1.20 bits per heavy atom. The summed E-state index contributed by atoms with van der Waals surface area (Å²) in [5, 5.41) is 14.3. The smallest absolute Gasteiger partial charge is 0.408 e. The Labute approximate surface area is 176 Å². The van der Waals surface area contributed by atoms with Crippen molar-refractivity contribution in [1.82, 2.24) is 25.5 Å². The molecule has 0 unspecified atom stereocenters. The summed E-state index contributed by atoms with van der Waals surface area (Å²) >= 11 is 0. The summed E-state index contributed by atoms with van der Waals surface area (Å²) in [6.45, 7) is 6.00. The van der Waals surface area contributed by atoms with Crippen LogP contribution >= 0.6 is 0 Å². The number of alkyl carbamates (subject to hydrolysis) is 1. The topological polar surface area (TPSA) is 117 Å². The molecule has 166 valence electrons. The van der Waals surface area contributed by atoms with Crippen molar-refractivity contribution in [1.29, 1.82) is 0 Å². The molecule has 0 bridgehead atoms. The highest BCUT2D eigenvalue weighted by molar-refractivity contribution is 5.69. The summed E-state index contributed by atoms with van der Waals surface area (Å²) < 4.78 is 17.2. The predicted molar refractivity (Wildman–Crippen MR) is 109 cm³/mol. The van der Waals surface area contributed by atoms with Crippen LogP contribution in [0.3, 0.4) is 0 Å². The molecule has 0 saturated carbocycles. The van der Waals surface area contributed by atoms with Crippen molar-refractivity contribution in [2.45, 2.75) is 59.4 Å². The van der Waals surface area contributed by atoms with Gasteiger partial charge in [-0.1, -0.05) is 37.8 Å². The van der Waals surface area contributed by atoms with Gasteiger partial charge in [0.2, 0.25) is 0 Å². The lowest BCUT2D eigenvalue weighted by Crippen LogP contribution is -2.38. The molecule has 0 saturated heterocycles. The third kappa shape index (κ3) is 8.56. The Morgan fingerprint density at radius 2 is 1.90 bits per heavy atom. The van der Waals surface area contributed by atoms with Gasteiger partial charge in [0.1, 0.15) is 11.6 Å². The Morgan fingerprint density at radius 3 is 2.53 bits per heavy atom. The van der Waals surface area contributed by atoms with Crippen molar-refractivity contribution in [3.63, 3.8) is 0 Å². The Balaban J connectivity index is 0.00000450. The zero-order valence-electron chi connectivity index (χ0n) is 17.1. The minimum absolute atomic E-state index is 0. The van der Waals surface area contributed by atoms with Crippen molar-refractivity contribution in [3.05, 3.63) is 41.7 Å². The number of carbonyl (C=O) groups is 2. The molecule has 10 nitrogen and oxygen atoms in total. The van der Waals surface area contributed by atoms with Gasteiger partial charge in [-0.2, -0.15) is 0 Å². The van der Waals surface area contributed by atoms with Crippen LogP contribution in [0.1, 0.15) is 52.0 Å². The first-order valence-electron chi connectivity index (χ1n) is 9.22. The molecule has 0 radical (unpaired) electrons. The number of rotatable bonds is 9. The number of hydrogen-bond acceptors (Lipinski definition) is 8. The number of nitrogens with one attached hydrogen (secondary N) is 1. The molecular weight excluding hydrogens is 390 g/mol. The number of aryl methyl sites for hydroxylation is 1. The van der Waals surface area contributed by atoms with Crippen molar-refractivity contribution < 1.29 is 23.8 Å². The normalized spacial score (nSPS) is 11.9. The Kier molecular flexibility index (Phi) is 9.90. The van der Waals surface area contributed by atoms with E-state index in [0.29, 0.717) is 12.4 Å². The number of methoxy groups -OCH3 is 1. The summed E-state index contributed by atoms with van der Waals surface area (Å²) in [4.78, 5) is 23.7. The van der Waals surface area contributed by atoms with Crippen LogP contribution in [0.5, 0.6) is 0 Å². The molecule has 1 N–H and O–H groups in total. The van der Waals surface area contributed by atoms with E-state index in [1.807, 2.05) is 30.3 Å². The third-order valence-corrected chi connectivity index (χ3v) is 3.71. The zero-order valence-corrected chi connectivity index (χ0v) is 17.1. The van der Waals surface area contributed by atoms with Gasteiger partial charge in [-0.3, -0.25) is 4.79 Å². The monoisotopic (exact) mass is 421 g/mol. The van der Waals surface area contributed by atoms with Crippen LogP contribution in [-0.2, 0) is 32.2 Å². The fraction of sp³-hybridized carbons (Fsp3) is 0.550. The molecule has 0 aliphatic carbocycles. The van der Waals surface area contributed by atoms with Gasteiger partial charge in [0.25, 0.3) is 0 Å². The van der Waals surface area contributed by atoms with Gasteiger partial charge in [-0.15, -0.1) is 5.10 Å². The summed E-state index contributed by atoms with van der Waals surface area (Å²) in [5.74, 6) is -0.0312. The van der Waals surface area contributed by atoms with Gasteiger partial charge >= 0.3 is 12.1 Å². The molecule has 1 aromatic carbocycles. The second kappa shape index (κ2) is 11.9. The lowest BCUT2D eigenvalue weighted by atomic mass is 10.2. The molecule has 0 aliphatic rings. The Bertz CT molecular complexity index is 788. The minimum atomic E-state index is -0.666. The summed E-state index contributed by atoms with van der Waals surface area (Å²) in [5.41, 5.74) is 0.338. The number of amides is 1. The van der Waals surface area contributed by atoms with Gasteiger partial charge in [0.05, 0.1) is 33.3 Å². The molecule has 10 heteroatoms. The maximum absolute atomic E-state index is 12.3. The largest absolute Gasteiger partial charge is 0.469 e. The number of ether oxygens (including phenoxy) is 3. The molecule has 1 atom stereocenters. The van der Waals surface area contributed by atoms with E-state index in [2.05, 4.69) is 25.6 Å². The average Bonchev–Trinajstić information content (AvgIpc) is 3.13. The van der Waals surface area contributed by atoms with E-state index in [9.17, 15) is 9.59 Å². The first-order chi connectivity index (χ1) is 13.8. The molecule has 0 aliphatic heterocycles. The molecule has 0 spiro atoms. The fourth-order valence-corrected chi connectivity index (χ4v) is 2.42. The lowest BCUT2D eigenvalue weighted by molar-refractivity contribution is -0.140. The van der Waals surface area contributed by atoms with Gasteiger partial charge in [-0.25, -0.2) is 9.48 Å². The van der Waals surface area contributed by atoms with Crippen LogP contribution in [0.4, 0.5) is 4.79 Å². The molecular formula is C20H31N5O5. The van der Waals surface area contributed by atoms with E-state index in [1.165, 1.54) is 11.8 Å². The van der Waals surface area contributed by atoms with Crippen LogP contribution in [0.2, 0.25) is 0 Å². The number of benzene rings is 1. The molecule has 0 fully saturated rings. The highest BCUT2D eigenvalue weighted by Crippen LogP contribution is 2.14. The van der Waals surface area contributed by atoms with E-state index < -0.39 is 17.7 Å². The second-order valence-electron chi connectivity index (χ2n) is 7.29. The van der Waals surface area contributed by atoms with Crippen molar-refractivity contribution in [2.75, 3.05) is 13.7 Å². The third-order valence-electron chi connectivity index (χ3n) is 3.71. The van der Waals surface area contributed by atoms with Gasteiger partial charge in [0.15, 0.2) is 5.82 Å². The standard InChI is InChI=1S/C19H27N5O5.CH4/c1-19(2,3)29-18(26)20-15(13-28-12-14-8-6-5-7-9-14)17-21-22-23-24(17)11-10-16(25)27-4;/h5-9,15H,10-13H2,1-4H3,(H,20,26);1H4/t15-;/m1./s1. The summed E-state index contributed by atoms with van der Waals surface area (Å²) in [6.07, 6.45) is -0.521. The maximum atomic E-state index is 12.3. The molecule has 1 aromatic heterocycles. The highest BCUT2D eigenvalue weighted by Gasteiger charge is 2.25. The average molecular weight is 421 g/mol. The molecule has 2 rings (SSSR count). The maximum Gasteiger partial charge on any atom is 0.408 e. The molecule has 1 heterocycles. The number of nitrogens with zero attached hydrogens (tertiary/aromatic N) is 4. The van der Waals surface area contributed by atoms with E-state index in [4.69, 9.17) is 9.47 Å². The second-order valence-corrected chi connectivity index (χ2v) is 7.29. The predicted octanol–water partition coefficient (Wildman–Crippen LogP) is 2.65. The first kappa shape index (κ1) is 25.0. The van der Waals surface area contributed by atoms with Gasteiger partial charge < -0.3 is 19.5 Å². The molecule has 1 amide bonds. The number of carbonyl (C=O) groups excluding carboxylic acids is 2. The van der Waals surface area contributed by atoms with E-state index in [0.717, 1.165) is 5.56 Å². The summed E-state index contributed by atoms with van der Waals surface area (Å²) in [7, 11) is 1.31. The number of hydrogen-bond donors (Lipinski definition) is 1. The highest BCUT2D eigenvalue weighted by atomic mass is 16.6. The Hall–Kier alpha value is -3.01. The van der Waals surface area contributed by atoms with Gasteiger partial charge in [0, 0.05) is 0 Å². The van der Waals surface area contributed by atoms with Crippen LogP contribution in [0.25, 0.3) is 0 Å². The van der Waals surface area contributed by atoms with Crippen LogP contribution in [0.15, 0.2) is 30.3 Å². The van der Waals surface area contributed by atoms with Crippen molar-refractivity contribution in [3.8, 4) is 0 Å². The van der Waals surface area contributed by atoms with Crippen LogP contribution in [-0.4, -0.2) is 51.6 Å². The number of tetrazole rings is 1. The van der Waals surface area contributed by atoms with E-state index in [-0.39, 0.29) is 33.0 Å². The molecule has 2 aromatic rings. The SMILES string of the molecule is C.COC(=O)CCn1nnnc1[C@@H](COCc1ccccc1)NC(=O)OC(C)(C)C. The van der Waals surface area contributed by atoms with Crippen molar-refractivity contribution >= 4 is 12.1 Å². The van der Waals surface area contributed by atoms with E-state index >= 15 is 0 Å². The lowest BCUT2D eigenvalue weighted by Gasteiger charge is -2.23.